The van der Waals surface area contributed by atoms with Crippen molar-refractivity contribution in [3.63, 3.8) is 0 Å². The smallest absolute Gasteiger partial charge is 0.271 e. The Kier molecular flexibility index (Phi) is 5.46. The van der Waals surface area contributed by atoms with Crippen molar-refractivity contribution in [2.24, 2.45) is 0 Å². The zero-order valence-corrected chi connectivity index (χ0v) is 12.4. The Hall–Kier alpha value is -1.50. The van der Waals surface area contributed by atoms with Gasteiger partial charge in [0.1, 0.15) is 11.5 Å². The molecule has 2 heterocycles. The molecule has 0 unspecified atom stereocenters. The molecule has 1 amide bonds. The normalized spacial score (nSPS) is 22.2. The molecule has 1 aliphatic heterocycles. The van der Waals surface area contributed by atoms with E-state index >= 15 is 0 Å². The Morgan fingerprint density at radius 2 is 2.10 bits per heavy atom. The molecule has 7 heteroatoms. The van der Waals surface area contributed by atoms with Gasteiger partial charge in [-0.2, -0.15) is 0 Å². The van der Waals surface area contributed by atoms with Gasteiger partial charge in [0.25, 0.3) is 5.91 Å². The van der Waals surface area contributed by atoms with E-state index < -0.39 is 10.8 Å². The number of carbonyl (C=O) groups excluding carboxylic acids is 1. The topological polar surface area (TPSA) is 84.0 Å². The first kappa shape index (κ1) is 14.9. The summed E-state index contributed by atoms with van der Waals surface area (Å²) in [5.41, 5.74) is 0.318. The van der Waals surface area contributed by atoms with Gasteiger partial charge in [0.05, 0.1) is 12.4 Å². The minimum atomic E-state index is -0.714. The lowest BCUT2D eigenvalue weighted by Crippen LogP contribution is -2.39. The van der Waals surface area contributed by atoms with Crippen molar-refractivity contribution >= 4 is 22.5 Å². The molecule has 2 N–H and O–H groups in total. The van der Waals surface area contributed by atoms with Crippen molar-refractivity contribution in [2.45, 2.75) is 32.2 Å². The number of rotatable bonds is 5. The molecular formula is C13H20N4O2S. The first-order valence-corrected chi connectivity index (χ1v) is 8.39. The van der Waals surface area contributed by atoms with Crippen molar-refractivity contribution in [2.75, 3.05) is 23.4 Å². The van der Waals surface area contributed by atoms with Gasteiger partial charge in [-0.1, -0.05) is 6.92 Å². The van der Waals surface area contributed by atoms with Crippen LogP contribution >= 0.6 is 0 Å². The van der Waals surface area contributed by atoms with Gasteiger partial charge in [-0.05, 0) is 19.3 Å². The number of carbonyl (C=O) groups is 1. The van der Waals surface area contributed by atoms with Crippen LogP contribution in [0.1, 0.15) is 36.7 Å². The van der Waals surface area contributed by atoms with Crippen LogP contribution in [-0.4, -0.2) is 44.2 Å². The number of amides is 1. The first-order valence-electron chi connectivity index (χ1n) is 6.90. The monoisotopic (exact) mass is 296 g/mol. The zero-order chi connectivity index (χ0) is 14.4. The lowest BCUT2D eigenvalue weighted by molar-refractivity contribution is 0.0929. The largest absolute Gasteiger partial charge is 0.369 e. The molecule has 0 atom stereocenters. The highest BCUT2D eigenvalue weighted by Gasteiger charge is 2.20. The third kappa shape index (κ3) is 4.26. The first-order chi connectivity index (χ1) is 9.69. The average Bonchev–Trinajstić information content (AvgIpc) is 2.48. The number of nitrogens with zero attached hydrogens (tertiary/aromatic N) is 2. The summed E-state index contributed by atoms with van der Waals surface area (Å²) in [4.78, 5) is 20.3. The predicted molar refractivity (Wildman–Crippen MR) is 79.2 cm³/mol. The van der Waals surface area contributed by atoms with Gasteiger partial charge in [-0.25, -0.2) is 9.97 Å². The number of anilines is 1. The highest BCUT2D eigenvalue weighted by atomic mass is 32.2. The molecule has 1 fully saturated rings. The summed E-state index contributed by atoms with van der Waals surface area (Å²) in [6, 6.07) is 0.0971. The molecule has 1 aliphatic rings. The van der Waals surface area contributed by atoms with E-state index in [1.54, 1.807) is 6.20 Å². The Morgan fingerprint density at radius 3 is 2.70 bits per heavy atom. The van der Waals surface area contributed by atoms with E-state index in [1.165, 1.54) is 6.20 Å². The molecule has 0 saturated carbocycles. The summed E-state index contributed by atoms with van der Waals surface area (Å²) in [6.07, 6.45) is 5.59. The molecular weight excluding hydrogens is 276 g/mol. The molecule has 1 aromatic rings. The van der Waals surface area contributed by atoms with Crippen molar-refractivity contribution < 1.29 is 9.00 Å². The maximum Gasteiger partial charge on any atom is 0.271 e. The summed E-state index contributed by atoms with van der Waals surface area (Å²) in [6.45, 7) is 2.90. The molecule has 0 bridgehead atoms. The van der Waals surface area contributed by atoms with Crippen LogP contribution in [0, 0.1) is 0 Å². The van der Waals surface area contributed by atoms with Crippen molar-refractivity contribution in [3.8, 4) is 0 Å². The maximum absolute atomic E-state index is 12.0. The van der Waals surface area contributed by atoms with Crippen molar-refractivity contribution in [1.82, 2.24) is 15.3 Å². The maximum atomic E-state index is 12.0. The summed E-state index contributed by atoms with van der Waals surface area (Å²) < 4.78 is 11.3. The predicted octanol–water partition coefficient (Wildman–Crippen LogP) is 0.939. The fourth-order valence-electron chi connectivity index (χ4n) is 1.99. The van der Waals surface area contributed by atoms with E-state index in [1.807, 2.05) is 0 Å². The average molecular weight is 296 g/mol. The highest BCUT2D eigenvalue weighted by molar-refractivity contribution is 7.85. The second kappa shape index (κ2) is 7.33. The van der Waals surface area contributed by atoms with Gasteiger partial charge in [-0.15, -0.1) is 0 Å². The lowest BCUT2D eigenvalue weighted by Gasteiger charge is -2.22. The summed E-state index contributed by atoms with van der Waals surface area (Å²) in [7, 11) is -0.714. The van der Waals surface area contributed by atoms with Crippen LogP contribution in [0.3, 0.4) is 0 Å². The van der Waals surface area contributed by atoms with Crippen molar-refractivity contribution in [3.05, 3.63) is 18.1 Å². The number of hydrogen-bond donors (Lipinski definition) is 2. The van der Waals surface area contributed by atoms with Gasteiger partial charge >= 0.3 is 0 Å². The molecule has 0 spiro atoms. The Morgan fingerprint density at radius 1 is 1.35 bits per heavy atom. The molecule has 6 nitrogen and oxygen atoms in total. The molecule has 0 aliphatic carbocycles. The standard InChI is InChI=1S/C13H20N4O2S/c1-2-5-14-12-9-15-11(8-16-12)13(18)17-10-3-6-20(19)7-4-10/h8-10H,2-7H2,1H3,(H,14,16)(H,17,18). The Balaban J connectivity index is 1.87. The van der Waals surface area contributed by atoms with E-state index in [0.29, 0.717) is 23.0 Å². The third-order valence-electron chi connectivity index (χ3n) is 3.16. The van der Waals surface area contributed by atoms with E-state index in [2.05, 4.69) is 27.5 Å². The SMILES string of the molecule is CCCNc1cnc(C(=O)NC2CCS(=O)CC2)cn1. The molecule has 2 rings (SSSR count). The quantitative estimate of drug-likeness (QED) is 0.845. The van der Waals surface area contributed by atoms with Crippen LogP contribution < -0.4 is 10.6 Å². The van der Waals surface area contributed by atoms with E-state index in [9.17, 15) is 9.00 Å². The van der Waals surface area contributed by atoms with Crippen LogP contribution in [0.5, 0.6) is 0 Å². The van der Waals surface area contributed by atoms with Gasteiger partial charge in [-0.3, -0.25) is 9.00 Å². The Bertz CT molecular complexity index is 468. The second-order valence-electron chi connectivity index (χ2n) is 4.81. The van der Waals surface area contributed by atoms with Crippen LogP contribution in [0.4, 0.5) is 5.82 Å². The van der Waals surface area contributed by atoms with Gasteiger partial charge in [0.2, 0.25) is 0 Å². The number of aromatic nitrogens is 2. The highest BCUT2D eigenvalue weighted by Crippen LogP contribution is 2.10. The summed E-state index contributed by atoms with van der Waals surface area (Å²) >= 11 is 0. The van der Waals surface area contributed by atoms with Crippen LogP contribution in [0.2, 0.25) is 0 Å². The van der Waals surface area contributed by atoms with Crippen LogP contribution in [-0.2, 0) is 10.8 Å². The summed E-state index contributed by atoms with van der Waals surface area (Å²) in [5, 5.41) is 6.03. The zero-order valence-electron chi connectivity index (χ0n) is 11.6. The summed E-state index contributed by atoms with van der Waals surface area (Å²) in [5.74, 6) is 1.79. The number of hydrogen-bond acceptors (Lipinski definition) is 5. The number of nitrogens with one attached hydrogen (secondary N) is 2. The van der Waals surface area contributed by atoms with Crippen LogP contribution in [0.15, 0.2) is 12.4 Å². The fraction of sp³-hybridized carbons (Fsp3) is 0.615. The van der Waals surface area contributed by atoms with E-state index in [4.69, 9.17) is 0 Å². The molecule has 0 radical (unpaired) electrons. The lowest BCUT2D eigenvalue weighted by atomic mass is 10.1. The molecule has 1 saturated heterocycles. The molecule has 20 heavy (non-hydrogen) atoms. The minimum absolute atomic E-state index is 0.0971. The fourth-order valence-corrected chi connectivity index (χ4v) is 3.29. The second-order valence-corrected chi connectivity index (χ2v) is 6.51. The molecule has 0 aromatic carbocycles. The molecule has 1 aromatic heterocycles. The van der Waals surface area contributed by atoms with Gasteiger partial charge in [0, 0.05) is 34.9 Å². The molecule has 110 valence electrons. The minimum Gasteiger partial charge on any atom is -0.369 e. The van der Waals surface area contributed by atoms with Gasteiger partial charge in [0.15, 0.2) is 0 Å². The van der Waals surface area contributed by atoms with Gasteiger partial charge < -0.3 is 10.6 Å². The van der Waals surface area contributed by atoms with E-state index in [0.717, 1.165) is 25.8 Å². The van der Waals surface area contributed by atoms with Crippen LogP contribution in [0.25, 0.3) is 0 Å². The van der Waals surface area contributed by atoms with E-state index in [-0.39, 0.29) is 11.9 Å². The van der Waals surface area contributed by atoms with Crippen molar-refractivity contribution in [1.29, 1.82) is 0 Å². The third-order valence-corrected chi connectivity index (χ3v) is 4.55. The Labute approximate surface area is 121 Å².